The van der Waals surface area contributed by atoms with Crippen LogP contribution in [0, 0.1) is 5.92 Å². The molecule has 1 unspecified atom stereocenters. The quantitative estimate of drug-likeness (QED) is 0.807. The maximum atomic E-state index is 11.7. The first-order valence-corrected chi connectivity index (χ1v) is 7.12. The summed E-state index contributed by atoms with van der Waals surface area (Å²) < 4.78 is 0. The zero-order chi connectivity index (χ0) is 14.3. The van der Waals surface area contributed by atoms with E-state index in [0.29, 0.717) is 5.92 Å². The van der Waals surface area contributed by atoms with E-state index in [2.05, 4.69) is 24.5 Å². The summed E-state index contributed by atoms with van der Waals surface area (Å²) in [5.41, 5.74) is 1.21. The molecule has 0 aliphatic heterocycles. The topological polar surface area (TPSA) is 41.1 Å². The Morgan fingerprint density at radius 2 is 1.84 bits per heavy atom. The van der Waals surface area contributed by atoms with Gasteiger partial charge in [-0.25, -0.2) is 0 Å². The fourth-order valence-electron chi connectivity index (χ4n) is 1.63. The van der Waals surface area contributed by atoms with Gasteiger partial charge in [0, 0.05) is 11.6 Å². The predicted octanol–water partition coefficient (Wildman–Crippen LogP) is 2.63. The smallest absolute Gasteiger partial charge is 0.236 e. The van der Waals surface area contributed by atoms with Gasteiger partial charge in [0.05, 0.1) is 6.04 Å². The Kier molecular flexibility index (Phi) is 6.89. The van der Waals surface area contributed by atoms with Crippen LogP contribution in [-0.2, 0) is 11.2 Å². The standard InChI is InChI=1S/C15H23ClN2O/c1-11(2)10-18-15(19)12(3)17-9-8-13-4-6-14(16)7-5-13/h4-7,11-12,17H,8-10H2,1-3H3,(H,18,19). The van der Waals surface area contributed by atoms with Crippen LogP contribution in [0.5, 0.6) is 0 Å². The Morgan fingerprint density at radius 1 is 1.21 bits per heavy atom. The maximum absolute atomic E-state index is 11.7. The van der Waals surface area contributed by atoms with Crippen molar-refractivity contribution in [1.82, 2.24) is 10.6 Å². The Morgan fingerprint density at radius 3 is 2.42 bits per heavy atom. The summed E-state index contributed by atoms with van der Waals surface area (Å²) >= 11 is 5.83. The molecular formula is C15H23ClN2O. The van der Waals surface area contributed by atoms with E-state index in [1.54, 1.807) is 0 Å². The fraction of sp³-hybridized carbons (Fsp3) is 0.533. The first-order chi connectivity index (χ1) is 8.99. The van der Waals surface area contributed by atoms with Crippen molar-refractivity contribution in [3.05, 3.63) is 34.9 Å². The second kappa shape index (κ2) is 8.18. The predicted molar refractivity (Wildman–Crippen MR) is 80.5 cm³/mol. The van der Waals surface area contributed by atoms with Crippen LogP contribution >= 0.6 is 11.6 Å². The van der Waals surface area contributed by atoms with Crippen molar-refractivity contribution >= 4 is 17.5 Å². The van der Waals surface area contributed by atoms with Gasteiger partial charge in [0.1, 0.15) is 0 Å². The van der Waals surface area contributed by atoms with Gasteiger partial charge in [0.2, 0.25) is 5.91 Å². The molecule has 4 heteroatoms. The summed E-state index contributed by atoms with van der Waals surface area (Å²) in [6.45, 7) is 7.55. The van der Waals surface area contributed by atoms with Crippen molar-refractivity contribution in [1.29, 1.82) is 0 Å². The molecule has 0 saturated carbocycles. The van der Waals surface area contributed by atoms with Gasteiger partial charge in [-0.3, -0.25) is 4.79 Å². The van der Waals surface area contributed by atoms with E-state index >= 15 is 0 Å². The van der Waals surface area contributed by atoms with Crippen LogP contribution in [0.15, 0.2) is 24.3 Å². The van der Waals surface area contributed by atoms with Gasteiger partial charge >= 0.3 is 0 Å². The first-order valence-electron chi connectivity index (χ1n) is 6.74. The Hall–Kier alpha value is -1.06. The zero-order valence-corrected chi connectivity index (χ0v) is 12.6. The molecule has 0 spiro atoms. The molecule has 0 saturated heterocycles. The van der Waals surface area contributed by atoms with Crippen LogP contribution in [0.1, 0.15) is 26.3 Å². The number of nitrogens with one attached hydrogen (secondary N) is 2. The van der Waals surface area contributed by atoms with Crippen molar-refractivity contribution in [3.8, 4) is 0 Å². The van der Waals surface area contributed by atoms with Gasteiger partial charge < -0.3 is 10.6 Å². The summed E-state index contributed by atoms with van der Waals surface area (Å²) in [5, 5.41) is 6.89. The fourth-order valence-corrected chi connectivity index (χ4v) is 1.76. The van der Waals surface area contributed by atoms with Crippen LogP contribution in [0.25, 0.3) is 0 Å². The Bertz CT molecular complexity index is 390. The zero-order valence-electron chi connectivity index (χ0n) is 11.9. The Balaban J connectivity index is 2.24. The van der Waals surface area contributed by atoms with Crippen LogP contribution in [0.3, 0.4) is 0 Å². The molecule has 1 aromatic carbocycles. The van der Waals surface area contributed by atoms with Crippen LogP contribution in [0.4, 0.5) is 0 Å². The lowest BCUT2D eigenvalue weighted by atomic mass is 10.1. The van der Waals surface area contributed by atoms with E-state index in [9.17, 15) is 4.79 Å². The maximum Gasteiger partial charge on any atom is 0.236 e. The molecule has 0 aromatic heterocycles. The highest BCUT2D eigenvalue weighted by molar-refractivity contribution is 6.30. The number of hydrogen-bond donors (Lipinski definition) is 2. The SMILES string of the molecule is CC(C)CNC(=O)C(C)NCCc1ccc(Cl)cc1. The molecule has 0 aliphatic rings. The monoisotopic (exact) mass is 282 g/mol. The lowest BCUT2D eigenvalue weighted by Gasteiger charge is -2.15. The van der Waals surface area contributed by atoms with Crippen LogP contribution < -0.4 is 10.6 Å². The van der Waals surface area contributed by atoms with Gasteiger partial charge in [0.15, 0.2) is 0 Å². The van der Waals surface area contributed by atoms with Gasteiger partial charge in [0.25, 0.3) is 0 Å². The van der Waals surface area contributed by atoms with E-state index in [1.807, 2.05) is 31.2 Å². The van der Waals surface area contributed by atoms with Gasteiger partial charge in [-0.2, -0.15) is 0 Å². The molecule has 1 amide bonds. The molecule has 19 heavy (non-hydrogen) atoms. The minimum Gasteiger partial charge on any atom is -0.354 e. The molecule has 0 bridgehead atoms. The minimum atomic E-state index is -0.161. The second-order valence-corrected chi connectivity index (χ2v) is 5.63. The molecule has 0 radical (unpaired) electrons. The van der Waals surface area contributed by atoms with Crippen LogP contribution in [0.2, 0.25) is 5.02 Å². The molecule has 2 N–H and O–H groups in total. The van der Waals surface area contributed by atoms with Crippen molar-refractivity contribution in [2.45, 2.75) is 33.2 Å². The normalized spacial score (nSPS) is 12.5. The summed E-state index contributed by atoms with van der Waals surface area (Å²) in [4.78, 5) is 11.7. The lowest BCUT2D eigenvalue weighted by Crippen LogP contribution is -2.43. The minimum absolute atomic E-state index is 0.0600. The molecule has 106 valence electrons. The second-order valence-electron chi connectivity index (χ2n) is 5.19. The number of benzene rings is 1. The van der Waals surface area contributed by atoms with E-state index in [1.165, 1.54) is 5.56 Å². The van der Waals surface area contributed by atoms with Gasteiger partial charge in [-0.05, 0) is 43.5 Å². The van der Waals surface area contributed by atoms with Gasteiger partial charge in [-0.1, -0.05) is 37.6 Å². The number of carbonyl (C=O) groups is 1. The number of carbonyl (C=O) groups excluding carboxylic acids is 1. The highest BCUT2D eigenvalue weighted by atomic mass is 35.5. The summed E-state index contributed by atoms with van der Waals surface area (Å²) in [6, 6.07) is 7.62. The van der Waals surface area contributed by atoms with Crippen molar-refractivity contribution in [3.63, 3.8) is 0 Å². The molecule has 0 fully saturated rings. The van der Waals surface area contributed by atoms with Crippen molar-refractivity contribution in [2.75, 3.05) is 13.1 Å². The number of amides is 1. The van der Waals surface area contributed by atoms with E-state index in [0.717, 1.165) is 24.5 Å². The molecule has 1 aromatic rings. The third kappa shape index (κ3) is 6.60. The largest absolute Gasteiger partial charge is 0.354 e. The highest BCUT2D eigenvalue weighted by Crippen LogP contribution is 2.09. The van der Waals surface area contributed by atoms with Crippen molar-refractivity contribution in [2.24, 2.45) is 5.92 Å². The third-order valence-electron chi connectivity index (χ3n) is 2.86. The molecule has 0 aliphatic carbocycles. The summed E-state index contributed by atoms with van der Waals surface area (Å²) in [5.74, 6) is 0.537. The molecule has 1 rings (SSSR count). The highest BCUT2D eigenvalue weighted by Gasteiger charge is 2.11. The average Bonchev–Trinajstić information content (AvgIpc) is 2.38. The van der Waals surface area contributed by atoms with E-state index in [-0.39, 0.29) is 11.9 Å². The number of rotatable bonds is 7. The molecular weight excluding hydrogens is 260 g/mol. The first kappa shape index (κ1) is 16.0. The number of hydrogen-bond acceptors (Lipinski definition) is 2. The molecule has 0 heterocycles. The Labute approximate surface area is 120 Å². The summed E-state index contributed by atoms with van der Waals surface area (Å²) in [7, 11) is 0. The third-order valence-corrected chi connectivity index (χ3v) is 3.11. The van der Waals surface area contributed by atoms with Crippen LogP contribution in [-0.4, -0.2) is 25.0 Å². The van der Waals surface area contributed by atoms with E-state index < -0.39 is 0 Å². The summed E-state index contributed by atoms with van der Waals surface area (Å²) in [6.07, 6.45) is 0.888. The average molecular weight is 283 g/mol. The van der Waals surface area contributed by atoms with Gasteiger partial charge in [-0.15, -0.1) is 0 Å². The van der Waals surface area contributed by atoms with Crippen molar-refractivity contribution < 1.29 is 4.79 Å². The lowest BCUT2D eigenvalue weighted by molar-refractivity contribution is -0.122. The van der Waals surface area contributed by atoms with E-state index in [4.69, 9.17) is 11.6 Å². The number of halogens is 1. The molecule has 1 atom stereocenters. The molecule has 3 nitrogen and oxygen atoms in total.